The molecular weight excluding hydrogens is 390 g/mol. The normalized spacial score (nSPS) is 19.3. The van der Waals surface area contributed by atoms with Gasteiger partial charge in [-0.05, 0) is 66.7 Å². The molecule has 6 heteroatoms. The quantitative estimate of drug-likeness (QED) is 0.551. The Morgan fingerprint density at radius 1 is 1.14 bits per heavy atom. The number of nitrogens with zero attached hydrogens (tertiary/aromatic N) is 2. The van der Waals surface area contributed by atoms with E-state index in [1.165, 1.54) is 0 Å². The van der Waals surface area contributed by atoms with Crippen LogP contribution in [0.15, 0.2) is 65.2 Å². The Hall–Kier alpha value is -2.37. The summed E-state index contributed by atoms with van der Waals surface area (Å²) >= 11 is 11.7. The Morgan fingerprint density at radius 3 is 2.61 bits per heavy atom. The molecule has 1 aliphatic heterocycles. The molecule has 144 valence electrons. The third-order valence-electron chi connectivity index (χ3n) is 4.81. The monoisotopic (exact) mass is 411 g/mol. The van der Waals surface area contributed by atoms with Crippen LogP contribution < -0.4 is 5.32 Å². The van der Waals surface area contributed by atoms with Gasteiger partial charge in [0.05, 0.1) is 11.7 Å². The average molecular weight is 412 g/mol. The lowest BCUT2D eigenvalue weighted by Gasteiger charge is -2.27. The predicted molar refractivity (Wildman–Crippen MR) is 116 cm³/mol. The number of halogens is 1. The molecule has 0 unspecified atom stereocenters. The molecule has 1 fully saturated rings. The van der Waals surface area contributed by atoms with Crippen LogP contribution >= 0.6 is 23.8 Å². The van der Waals surface area contributed by atoms with Gasteiger partial charge in [-0.15, -0.1) is 0 Å². The molecule has 1 aromatic carbocycles. The summed E-state index contributed by atoms with van der Waals surface area (Å²) in [5.41, 5.74) is 1.94. The zero-order valence-corrected chi connectivity index (χ0v) is 17.4. The van der Waals surface area contributed by atoms with Gasteiger partial charge in [0, 0.05) is 23.3 Å². The van der Waals surface area contributed by atoms with Crippen LogP contribution in [0.1, 0.15) is 37.4 Å². The number of benzene rings is 1. The summed E-state index contributed by atoms with van der Waals surface area (Å²) in [5.74, 6) is 2.15. The first-order chi connectivity index (χ1) is 13.5. The number of furan rings is 1. The lowest BCUT2D eigenvalue weighted by molar-refractivity contribution is 0.253. The molecule has 2 aromatic heterocycles. The van der Waals surface area contributed by atoms with Crippen LogP contribution in [-0.2, 0) is 0 Å². The van der Waals surface area contributed by atoms with E-state index in [0.717, 1.165) is 34.4 Å². The molecule has 2 atom stereocenters. The average Bonchev–Trinajstić information content (AvgIpc) is 3.28. The SMILES string of the molecule is CC(C)CN1C(=S)N[C@H](c2ccccn2)[C@@H]1c1ccc(-c2ccc(Cl)cc2)o1. The number of rotatable bonds is 5. The highest BCUT2D eigenvalue weighted by Crippen LogP contribution is 2.40. The van der Waals surface area contributed by atoms with Crippen LogP contribution in [0.4, 0.5) is 0 Å². The molecule has 1 N–H and O–H groups in total. The fourth-order valence-corrected chi connectivity index (χ4v) is 4.03. The van der Waals surface area contributed by atoms with Gasteiger partial charge in [0.1, 0.15) is 17.6 Å². The van der Waals surface area contributed by atoms with E-state index in [-0.39, 0.29) is 12.1 Å². The zero-order chi connectivity index (χ0) is 19.7. The Bertz CT molecular complexity index is 955. The summed E-state index contributed by atoms with van der Waals surface area (Å²) in [5, 5.41) is 4.89. The molecule has 4 rings (SSSR count). The van der Waals surface area contributed by atoms with E-state index in [1.54, 1.807) is 0 Å². The van der Waals surface area contributed by atoms with E-state index in [1.807, 2.05) is 60.8 Å². The van der Waals surface area contributed by atoms with Crippen molar-refractivity contribution in [3.05, 3.63) is 77.3 Å². The fraction of sp³-hybridized carbons (Fsp3) is 0.273. The van der Waals surface area contributed by atoms with E-state index >= 15 is 0 Å². The van der Waals surface area contributed by atoms with Crippen molar-refractivity contribution in [1.29, 1.82) is 0 Å². The molecule has 1 aliphatic rings. The van der Waals surface area contributed by atoms with Crippen LogP contribution in [0.5, 0.6) is 0 Å². The number of thiocarbonyl (C=S) groups is 1. The minimum Gasteiger partial charge on any atom is -0.459 e. The van der Waals surface area contributed by atoms with Crippen LogP contribution in [0.2, 0.25) is 5.02 Å². The van der Waals surface area contributed by atoms with E-state index in [4.69, 9.17) is 28.2 Å². The van der Waals surface area contributed by atoms with E-state index in [2.05, 4.69) is 29.0 Å². The van der Waals surface area contributed by atoms with Crippen LogP contribution in [-0.4, -0.2) is 21.5 Å². The van der Waals surface area contributed by atoms with Gasteiger partial charge in [0.15, 0.2) is 5.11 Å². The summed E-state index contributed by atoms with van der Waals surface area (Å²) in [6, 6.07) is 17.5. The molecule has 0 bridgehead atoms. The molecule has 28 heavy (non-hydrogen) atoms. The van der Waals surface area contributed by atoms with E-state index in [0.29, 0.717) is 10.9 Å². The topological polar surface area (TPSA) is 41.3 Å². The van der Waals surface area contributed by atoms with Gasteiger partial charge in [-0.1, -0.05) is 31.5 Å². The van der Waals surface area contributed by atoms with Crippen molar-refractivity contribution in [2.24, 2.45) is 5.92 Å². The first kappa shape index (κ1) is 19.0. The predicted octanol–water partition coefficient (Wildman–Crippen LogP) is 5.62. The first-order valence-electron chi connectivity index (χ1n) is 9.36. The lowest BCUT2D eigenvalue weighted by Crippen LogP contribution is -2.32. The van der Waals surface area contributed by atoms with Gasteiger partial charge in [-0.25, -0.2) is 0 Å². The van der Waals surface area contributed by atoms with Gasteiger partial charge >= 0.3 is 0 Å². The number of pyridine rings is 1. The molecular formula is C22H22ClN3OS. The van der Waals surface area contributed by atoms with Gasteiger partial charge in [0.2, 0.25) is 0 Å². The second-order valence-electron chi connectivity index (χ2n) is 7.38. The van der Waals surface area contributed by atoms with Gasteiger partial charge in [0.25, 0.3) is 0 Å². The van der Waals surface area contributed by atoms with Crippen molar-refractivity contribution in [1.82, 2.24) is 15.2 Å². The maximum Gasteiger partial charge on any atom is 0.170 e. The molecule has 4 nitrogen and oxygen atoms in total. The Balaban J connectivity index is 1.72. The Morgan fingerprint density at radius 2 is 1.93 bits per heavy atom. The summed E-state index contributed by atoms with van der Waals surface area (Å²) in [6.07, 6.45) is 1.81. The highest BCUT2D eigenvalue weighted by molar-refractivity contribution is 7.80. The van der Waals surface area contributed by atoms with Gasteiger partial charge < -0.3 is 14.6 Å². The number of hydrogen-bond acceptors (Lipinski definition) is 3. The minimum absolute atomic E-state index is 0.0501. The molecule has 0 radical (unpaired) electrons. The Labute approximate surface area is 175 Å². The maximum absolute atomic E-state index is 6.29. The van der Waals surface area contributed by atoms with Gasteiger partial charge in [-0.3, -0.25) is 4.98 Å². The molecule has 3 aromatic rings. The third kappa shape index (κ3) is 3.77. The smallest absolute Gasteiger partial charge is 0.170 e. The minimum atomic E-state index is -0.0586. The summed E-state index contributed by atoms with van der Waals surface area (Å²) in [4.78, 5) is 6.77. The van der Waals surface area contributed by atoms with Crippen molar-refractivity contribution in [3.63, 3.8) is 0 Å². The van der Waals surface area contributed by atoms with Crippen molar-refractivity contribution < 1.29 is 4.42 Å². The van der Waals surface area contributed by atoms with Crippen molar-refractivity contribution in [3.8, 4) is 11.3 Å². The standard InChI is InChI=1S/C22H22ClN3OS/c1-14(2)13-26-21(20(25-22(26)28)17-5-3-4-12-24-17)19-11-10-18(27-19)15-6-8-16(23)9-7-15/h3-12,14,20-21H,13H2,1-2H3,(H,25,28)/t20-,21+/m1/s1. The summed E-state index contributed by atoms with van der Waals surface area (Å²) in [6.45, 7) is 5.22. The van der Waals surface area contributed by atoms with E-state index < -0.39 is 0 Å². The second kappa shape index (κ2) is 7.94. The largest absolute Gasteiger partial charge is 0.459 e. The first-order valence-corrected chi connectivity index (χ1v) is 10.2. The van der Waals surface area contributed by atoms with Crippen molar-refractivity contribution in [2.45, 2.75) is 25.9 Å². The van der Waals surface area contributed by atoms with Crippen molar-refractivity contribution in [2.75, 3.05) is 6.54 Å². The maximum atomic E-state index is 6.29. The van der Waals surface area contributed by atoms with Gasteiger partial charge in [-0.2, -0.15) is 0 Å². The van der Waals surface area contributed by atoms with Crippen LogP contribution in [0.3, 0.4) is 0 Å². The fourth-order valence-electron chi connectivity index (χ4n) is 3.59. The van der Waals surface area contributed by atoms with Crippen LogP contribution in [0.25, 0.3) is 11.3 Å². The highest BCUT2D eigenvalue weighted by Gasteiger charge is 2.41. The molecule has 0 aliphatic carbocycles. The summed E-state index contributed by atoms with van der Waals surface area (Å²) < 4.78 is 6.29. The van der Waals surface area contributed by atoms with E-state index in [9.17, 15) is 0 Å². The number of nitrogens with one attached hydrogen (secondary N) is 1. The molecule has 0 amide bonds. The Kier molecular flexibility index (Phi) is 5.38. The highest BCUT2D eigenvalue weighted by atomic mass is 35.5. The molecule has 1 saturated heterocycles. The van der Waals surface area contributed by atoms with Crippen LogP contribution in [0, 0.1) is 5.92 Å². The number of aromatic nitrogens is 1. The second-order valence-corrected chi connectivity index (χ2v) is 8.20. The lowest BCUT2D eigenvalue weighted by atomic mass is 10.0. The zero-order valence-electron chi connectivity index (χ0n) is 15.8. The molecule has 0 saturated carbocycles. The number of hydrogen-bond donors (Lipinski definition) is 1. The molecule has 0 spiro atoms. The third-order valence-corrected chi connectivity index (χ3v) is 5.41. The molecule has 3 heterocycles. The van der Waals surface area contributed by atoms with Crippen molar-refractivity contribution >= 4 is 28.9 Å². The summed E-state index contributed by atoms with van der Waals surface area (Å²) in [7, 11) is 0.